The van der Waals surface area contributed by atoms with E-state index in [1.54, 1.807) is 6.07 Å². The first kappa shape index (κ1) is 24.0. The van der Waals surface area contributed by atoms with E-state index in [-0.39, 0.29) is 5.82 Å². The second kappa shape index (κ2) is 9.61. The molecule has 0 fully saturated rings. The number of rotatable bonds is 4. The Hall–Kier alpha value is -5.04. The molecule has 0 spiro atoms. The molecule has 2 aliphatic heterocycles. The van der Waals surface area contributed by atoms with E-state index >= 15 is 4.39 Å². The van der Waals surface area contributed by atoms with Crippen LogP contribution in [0.2, 0.25) is 0 Å². The van der Waals surface area contributed by atoms with Crippen molar-refractivity contribution in [3.05, 3.63) is 131 Å². The molecule has 0 aliphatic carbocycles. The zero-order valence-corrected chi connectivity index (χ0v) is 22.2. The first-order valence-corrected chi connectivity index (χ1v) is 13.4. The van der Waals surface area contributed by atoms with E-state index in [4.69, 9.17) is 15.1 Å². The molecule has 0 unspecified atom stereocenters. The third-order valence-corrected chi connectivity index (χ3v) is 7.46. The third kappa shape index (κ3) is 3.90. The number of benzene rings is 4. The van der Waals surface area contributed by atoms with Gasteiger partial charge < -0.3 is 10.2 Å². The van der Waals surface area contributed by atoms with Crippen molar-refractivity contribution in [3.8, 4) is 5.69 Å². The summed E-state index contributed by atoms with van der Waals surface area (Å²) in [6.07, 6.45) is 0.963. The molecule has 0 bridgehead atoms. The molecule has 7 rings (SSSR count). The summed E-state index contributed by atoms with van der Waals surface area (Å²) in [6, 6.07) is 32.6. The lowest BCUT2D eigenvalue weighted by molar-refractivity contribution is 0.597. The Morgan fingerprint density at radius 1 is 0.825 bits per heavy atom. The lowest BCUT2D eigenvalue weighted by Crippen LogP contribution is -2.46. The SMILES string of the molecule is CCc1ccc(NC2=Nc3ccccc3N3C2=Nc2c(c(C)nn2-c2ccccc2)[C@@H]3c2ccccc2F)cc1. The molecule has 0 radical (unpaired) electrons. The summed E-state index contributed by atoms with van der Waals surface area (Å²) in [5.41, 5.74) is 6.89. The van der Waals surface area contributed by atoms with Crippen molar-refractivity contribution >= 4 is 34.6 Å². The maximum atomic E-state index is 15.6. The van der Waals surface area contributed by atoms with E-state index in [0.29, 0.717) is 23.1 Å². The topological polar surface area (TPSA) is 57.8 Å². The van der Waals surface area contributed by atoms with Crippen LogP contribution in [-0.2, 0) is 6.42 Å². The molecular formula is C33H27FN6. The third-order valence-electron chi connectivity index (χ3n) is 7.46. The molecule has 1 aromatic heterocycles. The minimum absolute atomic E-state index is 0.281. The molecule has 1 atom stereocenters. The van der Waals surface area contributed by atoms with Gasteiger partial charge in [-0.1, -0.05) is 67.6 Å². The van der Waals surface area contributed by atoms with Crippen LogP contribution in [0, 0.1) is 12.7 Å². The molecule has 5 aromatic rings. The molecule has 0 saturated heterocycles. The zero-order valence-electron chi connectivity index (χ0n) is 22.2. The maximum Gasteiger partial charge on any atom is 0.179 e. The number of aromatic nitrogens is 2. The Kier molecular flexibility index (Phi) is 5.77. The van der Waals surface area contributed by atoms with Gasteiger partial charge in [-0.15, -0.1) is 0 Å². The first-order chi connectivity index (χ1) is 19.6. The van der Waals surface area contributed by atoms with E-state index in [1.807, 2.05) is 90.5 Å². The van der Waals surface area contributed by atoms with Gasteiger partial charge in [0.25, 0.3) is 0 Å². The fraction of sp³-hybridized carbons (Fsp3) is 0.121. The Labute approximate surface area is 232 Å². The van der Waals surface area contributed by atoms with Gasteiger partial charge in [-0.3, -0.25) is 0 Å². The molecule has 40 heavy (non-hydrogen) atoms. The van der Waals surface area contributed by atoms with Crippen LogP contribution in [-0.4, -0.2) is 21.5 Å². The van der Waals surface area contributed by atoms with Crippen LogP contribution >= 0.6 is 0 Å². The van der Waals surface area contributed by atoms with E-state index in [1.165, 1.54) is 11.6 Å². The number of anilines is 2. The smallest absolute Gasteiger partial charge is 0.179 e. The summed E-state index contributed by atoms with van der Waals surface area (Å²) < 4.78 is 17.5. The summed E-state index contributed by atoms with van der Waals surface area (Å²) in [4.78, 5) is 12.3. The molecule has 7 heteroatoms. The fourth-order valence-electron chi connectivity index (χ4n) is 5.50. The molecule has 3 heterocycles. The van der Waals surface area contributed by atoms with Gasteiger partial charge in [-0.05, 0) is 61.4 Å². The number of aliphatic imine (C=N–C) groups is 2. The maximum absolute atomic E-state index is 15.6. The van der Waals surface area contributed by atoms with Crippen LogP contribution in [0.4, 0.5) is 27.3 Å². The van der Waals surface area contributed by atoms with E-state index in [0.717, 1.165) is 40.4 Å². The van der Waals surface area contributed by atoms with Crippen LogP contribution in [0.25, 0.3) is 5.69 Å². The Bertz CT molecular complexity index is 1790. The van der Waals surface area contributed by atoms with E-state index < -0.39 is 6.04 Å². The Balaban J connectivity index is 1.49. The highest BCUT2D eigenvalue weighted by Gasteiger charge is 2.42. The second-order valence-electron chi connectivity index (χ2n) is 9.92. The highest BCUT2D eigenvalue weighted by molar-refractivity contribution is 6.51. The minimum atomic E-state index is -0.503. The lowest BCUT2D eigenvalue weighted by atomic mass is 9.93. The summed E-state index contributed by atoms with van der Waals surface area (Å²) >= 11 is 0. The molecule has 6 nitrogen and oxygen atoms in total. The Morgan fingerprint density at radius 3 is 2.33 bits per heavy atom. The summed E-state index contributed by atoms with van der Waals surface area (Å²) in [5.74, 6) is 1.58. The summed E-state index contributed by atoms with van der Waals surface area (Å²) in [6.45, 7) is 4.10. The van der Waals surface area contributed by atoms with Crippen LogP contribution in [0.15, 0.2) is 113 Å². The summed E-state index contributed by atoms with van der Waals surface area (Å²) in [7, 11) is 0. The molecule has 0 amide bonds. The number of nitrogens with one attached hydrogen (secondary N) is 1. The van der Waals surface area contributed by atoms with Gasteiger partial charge in [-0.2, -0.15) is 5.10 Å². The van der Waals surface area contributed by atoms with Crippen LogP contribution in [0.5, 0.6) is 0 Å². The van der Waals surface area contributed by atoms with Crippen LogP contribution in [0.3, 0.4) is 0 Å². The van der Waals surface area contributed by atoms with Crippen LogP contribution < -0.4 is 10.2 Å². The molecule has 0 saturated carbocycles. The van der Waals surface area contributed by atoms with Crippen molar-refractivity contribution in [2.75, 3.05) is 10.2 Å². The van der Waals surface area contributed by atoms with E-state index in [2.05, 4.69) is 29.3 Å². The van der Waals surface area contributed by atoms with Gasteiger partial charge in [0.2, 0.25) is 0 Å². The molecule has 196 valence electrons. The van der Waals surface area contributed by atoms with Gasteiger partial charge >= 0.3 is 0 Å². The largest absolute Gasteiger partial charge is 0.337 e. The monoisotopic (exact) mass is 526 g/mol. The van der Waals surface area contributed by atoms with Gasteiger partial charge in [-0.25, -0.2) is 19.1 Å². The molecule has 4 aromatic carbocycles. The Morgan fingerprint density at radius 2 is 1.55 bits per heavy atom. The van der Waals surface area contributed by atoms with Crippen molar-refractivity contribution in [3.63, 3.8) is 0 Å². The number of nitrogens with zero attached hydrogens (tertiary/aromatic N) is 5. The number of hydrogen-bond donors (Lipinski definition) is 1. The normalized spacial score (nSPS) is 15.5. The fourth-order valence-corrected chi connectivity index (χ4v) is 5.50. The zero-order chi connectivity index (χ0) is 27.2. The molecular weight excluding hydrogens is 499 g/mol. The number of aryl methyl sites for hydroxylation is 2. The quantitative estimate of drug-likeness (QED) is 0.261. The first-order valence-electron chi connectivity index (χ1n) is 13.4. The molecule has 1 N–H and O–H groups in total. The lowest BCUT2D eigenvalue weighted by Gasteiger charge is -2.40. The average Bonchev–Trinajstić information content (AvgIpc) is 3.33. The van der Waals surface area contributed by atoms with Crippen molar-refractivity contribution in [1.82, 2.24) is 9.78 Å². The summed E-state index contributed by atoms with van der Waals surface area (Å²) in [5, 5.41) is 8.42. The minimum Gasteiger partial charge on any atom is -0.337 e. The number of hydrogen-bond acceptors (Lipinski definition) is 5. The van der Waals surface area contributed by atoms with Crippen molar-refractivity contribution < 1.29 is 4.39 Å². The van der Waals surface area contributed by atoms with Gasteiger partial charge in [0.05, 0.1) is 28.8 Å². The highest BCUT2D eigenvalue weighted by atomic mass is 19.1. The van der Waals surface area contributed by atoms with Crippen molar-refractivity contribution in [1.29, 1.82) is 0 Å². The van der Waals surface area contributed by atoms with Gasteiger partial charge in [0, 0.05) is 16.8 Å². The number of fused-ring (bicyclic) bond motifs is 4. The number of para-hydroxylation sites is 3. The highest BCUT2D eigenvalue weighted by Crippen LogP contribution is 2.48. The standard InChI is InChI=1S/C33H27FN6/c1-3-22-17-19-23(20-18-22)35-31-33-37-32-29(21(2)38-40(32)24-11-5-4-6-12-24)30(25-13-7-8-14-26(25)34)39(33)28-16-10-9-15-27(28)36-31/h4-20,30H,3H2,1-2H3,(H,35,36)/t30-/m0/s1. The second-order valence-corrected chi connectivity index (χ2v) is 9.92. The van der Waals surface area contributed by atoms with Crippen LogP contribution in [0.1, 0.15) is 35.3 Å². The number of amidine groups is 2. The van der Waals surface area contributed by atoms with Crippen molar-refractivity contribution in [2.24, 2.45) is 9.98 Å². The van der Waals surface area contributed by atoms with Gasteiger partial charge in [0.1, 0.15) is 5.82 Å². The molecule has 2 aliphatic rings. The van der Waals surface area contributed by atoms with E-state index in [9.17, 15) is 0 Å². The number of halogens is 1. The van der Waals surface area contributed by atoms with Gasteiger partial charge in [0.15, 0.2) is 17.5 Å². The van der Waals surface area contributed by atoms with Crippen molar-refractivity contribution in [2.45, 2.75) is 26.3 Å². The predicted octanol–water partition coefficient (Wildman–Crippen LogP) is 7.68. The predicted molar refractivity (Wildman–Crippen MR) is 159 cm³/mol. The average molecular weight is 527 g/mol.